The quantitative estimate of drug-likeness (QED) is 0.563. The van der Waals surface area contributed by atoms with Crippen LogP contribution in [0.2, 0.25) is 0 Å². The molecule has 0 radical (unpaired) electrons. The van der Waals surface area contributed by atoms with Crippen molar-refractivity contribution >= 4 is 11.5 Å². The minimum Gasteiger partial charge on any atom is -0.458 e. The number of fused-ring (bicyclic) bond motifs is 1. The molecular weight excluding hydrogens is 164 g/mol. The summed E-state index contributed by atoms with van der Waals surface area (Å²) < 4.78 is 4.98. The number of carbonyl (C=O) groups is 1. The van der Waals surface area contributed by atoms with Crippen LogP contribution < -0.4 is 0 Å². The lowest BCUT2D eigenvalue weighted by atomic mass is 10.0. The van der Waals surface area contributed by atoms with E-state index in [1.807, 2.05) is 31.2 Å². The number of hydrogen-bond acceptors (Lipinski definition) is 2. The molecule has 1 aliphatic heterocycles. The van der Waals surface area contributed by atoms with E-state index in [4.69, 9.17) is 4.74 Å². The Labute approximate surface area is 76.8 Å². The molecule has 1 aromatic rings. The number of cyclic esters (lactones) is 1. The van der Waals surface area contributed by atoms with Gasteiger partial charge in [0.2, 0.25) is 0 Å². The van der Waals surface area contributed by atoms with Gasteiger partial charge in [-0.25, -0.2) is 4.79 Å². The van der Waals surface area contributed by atoms with Gasteiger partial charge in [-0.3, -0.25) is 0 Å². The molecular formula is C11H10O2. The minimum atomic E-state index is -0.256. The molecule has 0 aliphatic carbocycles. The Bertz CT molecular complexity index is 377. The highest BCUT2D eigenvalue weighted by Gasteiger charge is 2.11. The summed E-state index contributed by atoms with van der Waals surface area (Å²) in [4.78, 5) is 11.1. The Morgan fingerprint density at radius 1 is 1.31 bits per heavy atom. The van der Waals surface area contributed by atoms with Crippen molar-refractivity contribution in [2.24, 2.45) is 0 Å². The number of hydrogen-bond donors (Lipinski definition) is 0. The number of ether oxygens (including phenoxy) is 1. The van der Waals surface area contributed by atoms with Crippen LogP contribution >= 0.6 is 0 Å². The third-order valence-electron chi connectivity index (χ3n) is 2.15. The highest BCUT2D eigenvalue weighted by molar-refractivity contribution is 5.92. The lowest BCUT2D eigenvalue weighted by molar-refractivity contribution is -0.138. The number of allylic oxidation sites excluding steroid dienone is 1. The number of rotatable bonds is 0. The maximum atomic E-state index is 11.1. The molecule has 1 aliphatic rings. The molecule has 0 aromatic heterocycles. The fraction of sp³-hybridized carbons (Fsp3) is 0.182. The standard InChI is InChI=1S/C11H10O2/c1-8-6-11(12)13-7-9-4-2-3-5-10(8)9/h2-6H,7H2,1H3. The molecule has 0 saturated carbocycles. The van der Waals surface area contributed by atoms with Gasteiger partial charge in [0.25, 0.3) is 0 Å². The van der Waals surface area contributed by atoms with Gasteiger partial charge in [0.05, 0.1) is 0 Å². The molecule has 13 heavy (non-hydrogen) atoms. The molecule has 0 N–H and O–H groups in total. The van der Waals surface area contributed by atoms with E-state index in [-0.39, 0.29) is 5.97 Å². The van der Waals surface area contributed by atoms with Gasteiger partial charge in [0.15, 0.2) is 0 Å². The zero-order valence-electron chi connectivity index (χ0n) is 7.41. The Hall–Kier alpha value is -1.57. The molecule has 0 atom stereocenters. The second-order valence-electron chi connectivity index (χ2n) is 3.09. The number of esters is 1. The van der Waals surface area contributed by atoms with Gasteiger partial charge < -0.3 is 4.74 Å². The van der Waals surface area contributed by atoms with Gasteiger partial charge >= 0.3 is 5.97 Å². The van der Waals surface area contributed by atoms with Gasteiger partial charge in [-0.2, -0.15) is 0 Å². The topological polar surface area (TPSA) is 26.3 Å². The Balaban J connectivity index is 2.54. The van der Waals surface area contributed by atoms with Gasteiger partial charge in [0, 0.05) is 6.08 Å². The maximum absolute atomic E-state index is 11.1. The van der Waals surface area contributed by atoms with E-state index in [1.165, 1.54) is 6.08 Å². The molecule has 0 amide bonds. The van der Waals surface area contributed by atoms with E-state index in [9.17, 15) is 4.79 Å². The summed E-state index contributed by atoms with van der Waals surface area (Å²) in [6.45, 7) is 2.30. The van der Waals surface area contributed by atoms with Crippen molar-refractivity contribution in [2.75, 3.05) is 0 Å². The Morgan fingerprint density at radius 3 is 2.92 bits per heavy atom. The fourth-order valence-electron chi connectivity index (χ4n) is 1.48. The van der Waals surface area contributed by atoms with E-state index in [1.54, 1.807) is 0 Å². The van der Waals surface area contributed by atoms with E-state index < -0.39 is 0 Å². The zero-order chi connectivity index (χ0) is 9.26. The highest BCUT2D eigenvalue weighted by Crippen LogP contribution is 2.22. The minimum absolute atomic E-state index is 0.256. The summed E-state index contributed by atoms with van der Waals surface area (Å²) >= 11 is 0. The van der Waals surface area contributed by atoms with Gasteiger partial charge in [-0.05, 0) is 23.6 Å². The van der Waals surface area contributed by atoms with Crippen LogP contribution in [0.5, 0.6) is 0 Å². The number of benzene rings is 1. The summed E-state index contributed by atoms with van der Waals surface area (Å²) in [5.41, 5.74) is 3.15. The largest absolute Gasteiger partial charge is 0.458 e. The van der Waals surface area contributed by atoms with Crippen LogP contribution in [0.15, 0.2) is 30.3 Å². The zero-order valence-corrected chi connectivity index (χ0v) is 7.41. The summed E-state index contributed by atoms with van der Waals surface area (Å²) in [5, 5.41) is 0. The molecule has 0 unspecified atom stereocenters. The van der Waals surface area contributed by atoms with Crippen LogP contribution in [-0.2, 0) is 16.1 Å². The second-order valence-corrected chi connectivity index (χ2v) is 3.09. The molecule has 2 rings (SSSR count). The predicted molar refractivity (Wildman–Crippen MR) is 49.9 cm³/mol. The van der Waals surface area contributed by atoms with Crippen molar-refractivity contribution in [3.8, 4) is 0 Å². The average Bonchev–Trinajstić information content (AvgIpc) is 2.27. The SMILES string of the molecule is CC1=CC(=O)OCc2ccccc21. The average molecular weight is 174 g/mol. The molecule has 66 valence electrons. The van der Waals surface area contributed by atoms with E-state index in [2.05, 4.69) is 0 Å². The lowest BCUT2D eigenvalue weighted by Gasteiger charge is -2.04. The van der Waals surface area contributed by atoms with Crippen molar-refractivity contribution in [2.45, 2.75) is 13.5 Å². The van der Waals surface area contributed by atoms with Crippen LogP contribution in [0.4, 0.5) is 0 Å². The molecule has 0 bridgehead atoms. The summed E-state index contributed by atoms with van der Waals surface area (Å²) in [6.07, 6.45) is 1.53. The molecule has 1 heterocycles. The third-order valence-corrected chi connectivity index (χ3v) is 2.15. The van der Waals surface area contributed by atoms with E-state index in [0.29, 0.717) is 6.61 Å². The molecule has 2 heteroatoms. The highest BCUT2D eigenvalue weighted by atomic mass is 16.5. The van der Waals surface area contributed by atoms with Crippen LogP contribution in [0, 0.1) is 0 Å². The first-order valence-corrected chi connectivity index (χ1v) is 4.21. The smallest absolute Gasteiger partial charge is 0.331 e. The molecule has 0 saturated heterocycles. The van der Waals surface area contributed by atoms with E-state index >= 15 is 0 Å². The lowest BCUT2D eigenvalue weighted by Crippen LogP contribution is -1.97. The summed E-state index contributed by atoms with van der Waals surface area (Å²) in [5.74, 6) is -0.256. The molecule has 0 spiro atoms. The third kappa shape index (κ3) is 1.47. The van der Waals surface area contributed by atoms with Crippen molar-refractivity contribution in [1.29, 1.82) is 0 Å². The fourth-order valence-corrected chi connectivity index (χ4v) is 1.48. The summed E-state index contributed by atoms with van der Waals surface area (Å²) in [7, 11) is 0. The first-order valence-electron chi connectivity index (χ1n) is 4.21. The first kappa shape index (κ1) is 8.05. The number of carbonyl (C=O) groups excluding carboxylic acids is 1. The molecule has 2 nitrogen and oxygen atoms in total. The van der Waals surface area contributed by atoms with Crippen molar-refractivity contribution in [3.05, 3.63) is 41.5 Å². The van der Waals surface area contributed by atoms with Crippen LogP contribution in [0.1, 0.15) is 18.1 Å². The predicted octanol–water partition coefficient (Wildman–Crippen LogP) is 2.15. The van der Waals surface area contributed by atoms with Crippen LogP contribution in [0.3, 0.4) is 0 Å². The molecule has 0 fully saturated rings. The normalized spacial score (nSPS) is 15.5. The van der Waals surface area contributed by atoms with Crippen LogP contribution in [0.25, 0.3) is 5.57 Å². The van der Waals surface area contributed by atoms with Crippen molar-refractivity contribution < 1.29 is 9.53 Å². The van der Waals surface area contributed by atoms with Gasteiger partial charge in [-0.15, -0.1) is 0 Å². The van der Waals surface area contributed by atoms with Crippen molar-refractivity contribution in [3.63, 3.8) is 0 Å². The van der Waals surface area contributed by atoms with Crippen LogP contribution in [-0.4, -0.2) is 5.97 Å². The first-order chi connectivity index (χ1) is 6.27. The second kappa shape index (κ2) is 3.05. The Kier molecular flexibility index (Phi) is 1.89. The summed E-state index contributed by atoms with van der Waals surface area (Å²) in [6, 6.07) is 7.89. The van der Waals surface area contributed by atoms with E-state index in [0.717, 1.165) is 16.7 Å². The van der Waals surface area contributed by atoms with Gasteiger partial charge in [-0.1, -0.05) is 24.3 Å². The maximum Gasteiger partial charge on any atom is 0.331 e. The Morgan fingerprint density at radius 2 is 2.08 bits per heavy atom. The van der Waals surface area contributed by atoms with Gasteiger partial charge in [0.1, 0.15) is 6.61 Å². The monoisotopic (exact) mass is 174 g/mol. The molecule has 1 aromatic carbocycles. The van der Waals surface area contributed by atoms with Crippen molar-refractivity contribution in [1.82, 2.24) is 0 Å².